The third kappa shape index (κ3) is 3.81. The number of fused-ring (bicyclic) bond motifs is 1. The van der Waals surface area contributed by atoms with Crippen LogP contribution in [0.5, 0.6) is 5.75 Å². The number of halogens is 1. The Hall–Kier alpha value is -3.89. The molecule has 2 N–H and O–H groups in total. The van der Waals surface area contributed by atoms with Crippen molar-refractivity contribution in [1.82, 2.24) is 10.2 Å². The molecule has 0 aliphatic heterocycles. The molecular formula is C26H18ClN3O. The molecule has 5 aromatic rings. The molecule has 0 aliphatic carbocycles. The van der Waals surface area contributed by atoms with Gasteiger partial charge in [-0.05, 0) is 41.5 Å². The Balaban J connectivity index is 1.65. The number of phenols is 1. The van der Waals surface area contributed by atoms with Gasteiger partial charge in [0.15, 0.2) is 5.82 Å². The maximum absolute atomic E-state index is 9.66. The number of aromatic hydroxyl groups is 1. The van der Waals surface area contributed by atoms with Crippen molar-refractivity contribution in [2.24, 2.45) is 0 Å². The average Bonchev–Trinajstić information content (AvgIpc) is 2.80. The third-order valence-electron chi connectivity index (χ3n) is 5.14. The highest BCUT2D eigenvalue weighted by molar-refractivity contribution is 6.30. The zero-order valence-electron chi connectivity index (χ0n) is 16.5. The van der Waals surface area contributed by atoms with Gasteiger partial charge >= 0.3 is 0 Å². The van der Waals surface area contributed by atoms with Crippen LogP contribution in [-0.4, -0.2) is 15.3 Å². The van der Waals surface area contributed by atoms with E-state index in [9.17, 15) is 5.11 Å². The van der Waals surface area contributed by atoms with Crippen molar-refractivity contribution < 1.29 is 5.11 Å². The van der Waals surface area contributed by atoms with E-state index in [-0.39, 0.29) is 5.75 Å². The van der Waals surface area contributed by atoms with E-state index in [4.69, 9.17) is 11.6 Å². The van der Waals surface area contributed by atoms with Crippen LogP contribution in [0.25, 0.3) is 33.2 Å². The molecule has 0 aliphatic rings. The first-order chi connectivity index (χ1) is 15.2. The van der Waals surface area contributed by atoms with Crippen molar-refractivity contribution in [3.63, 3.8) is 0 Å². The van der Waals surface area contributed by atoms with Crippen LogP contribution in [0, 0.1) is 0 Å². The lowest BCUT2D eigenvalue weighted by Gasteiger charge is -2.14. The zero-order chi connectivity index (χ0) is 21.2. The van der Waals surface area contributed by atoms with E-state index in [1.807, 2.05) is 72.8 Å². The third-order valence-corrected chi connectivity index (χ3v) is 5.37. The lowest BCUT2D eigenvalue weighted by Crippen LogP contribution is -2.00. The van der Waals surface area contributed by atoms with Gasteiger partial charge in [0, 0.05) is 27.0 Å². The van der Waals surface area contributed by atoms with Gasteiger partial charge in [-0.25, -0.2) is 0 Å². The minimum atomic E-state index is 0.239. The number of rotatable bonds is 4. The molecule has 0 radical (unpaired) electrons. The fourth-order valence-corrected chi connectivity index (χ4v) is 3.87. The lowest BCUT2D eigenvalue weighted by molar-refractivity contribution is 0.475. The normalized spacial score (nSPS) is 10.9. The molecule has 0 unspecified atom stereocenters. The minimum Gasteiger partial charge on any atom is -0.508 e. The first-order valence-electron chi connectivity index (χ1n) is 9.86. The van der Waals surface area contributed by atoms with Gasteiger partial charge in [-0.2, -0.15) is 0 Å². The topological polar surface area (TPSA) is 58.0 Å². The molecular weight excluding hydrogens is 406 g/mol. The summed E-state index contributed by atoms with van der Waals surface area (Å²) in [7, 11) is 0. The zero-order valence-corrected chi connectivity index (χ0v) is 17.2. The number of hydrogen-bond acceptors (Lipinski definition) is 4. The Kier molecular flexibility index (Phi) is 4.98. The van der Waals surface area contributed by atoms with Crippen LogP contribution in [0.2, 0.25) is 5.02 Å². The van der Waals surface area contributed by atoms with Crippen molar-refractivity contribution in [1.29, 1.82) is 0 Å². The van der Waals surface area contributed by atoms with Crippen LogP contribution in [0.3, 0.4) is 0 Å². The standard InChI is InChI=1S/C26H18ClN3O/c27-18-6-5-7-19(16-18)28-26-24-11-4-3-10-23(24)25(29-30-26)22-9-2-1-8-21(22)17-12-14-20(31)15-13-17/h1-16,31H,(H,28,30). The molecule has 0 bridgehead atoms. The average molecular weight is 424 g/mol. The Morgan fingerprint density at radius 3 is 2.16 bits per heavy atom. The molecule has 150 valence electrons. The van der Waals surface area contributed by atoms with Gasteiger partial charge in [0.05, 0.1) is 0 Å². The second-order valence-corrected chi connectivity index (χ2v) is 7.61. The van der Waals surface area contributed by atoms with Crippen molar-refractivity contribution in [3.8, 4) is 28.1 Å². The van der Waals surface area contributed by atoms with E-state index in [0.29, 0.717) is 10.8 Å². The summed E-state index contributed by atoms with van der Waals surface area (Å²) in [5, 5.41) is 24.7. The smallest absolute Gasteiger partial charge is 0.161 e. The fraction of sp³-hybridized carbons (Fsp3) is 0. The summed E-state index contributed by atoms with van der Waals surface area (Å²) < 4.78 is 0. The summed E-state index contributed by atoms with van der Waals surface area (Å²) in [4.78, 5) is 0. The molecule has 0 spiro atoms. The van der Waals surface area contributed by atoms with Gasteiger partial charge in [-0.1, -0.05) is 78.3 Å². The van der Waals surface area contributed by atoms with Gasteiger partial charge in [0.2, 0.25) is 0 Å². The number of phenolic OH excluding ortho intramolecular Hbond substituents is 1. The first kappa shape index (κ1) is 19.1. The van der Waals surface area contributed by atoms with Gasteiger partial charge < -0.3 is 10.4 Å². The summed E-state index contributed by atoms with van der Waals surface area (Å²) in [5.74, 6) is 0.909. The number of benzene rings is 4. The van der Waals surface area contributed by atoms with Crippen LogP contribution < -0.4 is 5.32 Å². The van der Waals surface area contributed by atoms with Crippen molar-refractivity contribution >= 4 is 33.9 Å². The lowest BCUT2D eigenvalue weighted by atomic mass is 9.95. The van der Waals surface area contributed by atoms with E-state index < -0.39 is 0 Å². The molecule has 5 rings (SSSR count). The molecule has 4 nitrogen and oxygen atoms in total. The Morgan fingerprint density at radius 2 is 1.39 bits per heavy atom. The van der Waals surface area contributed by atoms with Crippen LogP contribution in [-0.2, 0) is 0 Å². The highest BCUT2D eigenvalue weighted by atomic mass is 35.5. The fourth-order valence-electron chi connectivity index (χ4n) is 3.68. The highest BCUT2D eigenvalue weighted by Crippen LogP contribution is 2.37. The SMILES string of the molecule is Oc1ccc(-c2ccccc2-c2nnc(Nc3cccc(Cl)c3)c3ccccc23)cc1. The van der Waals surface area contributed by atoms with E-state index in [1.165, 1.54) is 0 Å². The van der Waals surface area contributed by atoms with Crippen LogP contribution in [0.4, 0.5) is 11.5 Å². The maximum atomic E-state index is 9.66. The van der Waals surface area contributed by atoms with Gasteiger partial charge in [0.1, 0.15) is 11.4 Å². The Morgan fingerprint density at radius 1 is 0.677 bits per heavy atom. The van der Waals surface area contributed by atoms with E-state index in [1.54, 1.807) is 12.1 Å². The summed E-state index contributed by atoms with van der Waals surface area (Å²) in [6, 6.07) is 30.9. The number of hydrogen-bond donors (Lipinski definition) is 2. The van der Waals surface area contributed by atoms with E-state index >= 15 is 0 Å². The van der Waals surface area contributed by atoms with Crippen LogP contribution in [0.1, 0.15) is 0 Å². The second-order valence-electron chi connectivity index (χ2n) is 7.17. The van der Waals surface area contributed by atoms with Crippen LogP contribution >= 0.6 is 11.6 Å². The van der Waals surface area contributed by atoms with Crippen molar-refractivity contribution in [2.45, 2.75) is 0 Å². The largest absolute Gasteiger partial charge is 0.508 e. The maximum Gasteiger partial charge on any atom is 0.161 e. The van der Waals surface area contributed by atoms with Gasteiger partial charge in [-0.3, -0.25) is 0 Å². The van der Waals surface area contributed by atoms with Gasteiger partial charge in [-0.15, -0.1) is 10.2 Å². The predicted octanol–water partition coefficient (Wildman–Crippen LogP) is 7.07. The molecule has 0 saturated heterocycles. The molecule has 0 amide bonds. The second kappa shape index (κ2) is 8.09. The molecule has 0 fully saturated rings. The number of anilines is 2. The molecule has 1 heterocycles. The van der Waals surface area contributed by atoms with Crippen LogP contribution in [0.15, 0.2) is 97.1 Å². The number of nitrogens with zero attached hydrogens (tertiary/aromatic N) is 2. The first-order valence-corrected chi connectivity index (χ1v) is 10.2. The quantitative estimate of drug-likeness (QED) is 0.324. The van der Waals surface area contributed by atoms with Gasteiger partial charge in [0.25, 0.3) is 0 Å². The Bertz CT molecular complexity index is 1380. The molecule has 0 saturated carbocycles. The summed E-state index contributed by atoms with van der Waals surface area (Å²) >= 11 is 6.13. The monoisotopic (exact) mass is 423 g/mol. The molecule has 31 heavy (non-hydrogen) atoms. The van der Waals surface area contributed by atoms with Crippen molar-refractivity contribution in [3.05, 3.63) is 102 Å². The van der Waals surface area contributed by atoms with Crippen molar-refractivity contribution in [2.75, 3.05) is 5.32 Å². The molecule has 0 atom stereocenters. The molecule has 1 aromatic heterocycles. The summed E-state index contributed by atoms with van der Waals surface area (Å²) in [6.45, 7) is 0. The summed E-state index contributed by atoms with van der Waals surface area (Å²) in [5.41, 5.74) is 4.66. The number of nitrogens with one attached hydrogen (secondary N) is 1. The summed E-state index contributed by atoms with van der Waals surface area (Å²) in [6.07, 6.45) is 0. The van der Waals surface area contributed by atoms with E-state index in [0.717, 1.165) is 38.8 Å². The Labute approximate surface area is 184 Å². The van der Waals surface area contributed by atoms with E-state index in [2.05, 4.69) is 27.6 Å². The highest BCUT2D eigenvalue weighted by Gasteiger charge is 2.15. The number of aromatic nitrogens is 2. The molecule has 5 heteroatoms. The minimum absolute atomic E-state index is 0.239. The predicted molar refractivity (Wildman–Crippen MR) is 127 cm³/mol. The molecule has 4 aromatic carbocycles.